The van der Waals surface area contributed by atoms with E-state index in [0.717, 1.165) is 45.8 Å². The summed E-state index contributed by atoms with van der Waals surface area (Å²) in [5.74, 6) is 1.15. The van der Waals surface area contributed by atoms with Gasteiger partial charge in [-0.2, -0.15) is 5.10 Å². The number of halogens is 1. The highest BCUT2D eigenvalue weighted by molar-refractivity contribution is 5.87. The van der Waals surface area contributed by atoms with Crippen molar-refractivity contribution in [1.29, 1.82) is 0 Å². The topological polar surface area (TPSA) is 59.0 Å². The third-order valence-corrected chi connectivity index (χ3v) is 5.05. The fourth-order valence-corrected chi connectivity index (χ4v) is 3.67. The Morgan fingerprint density at radius 3 is 2.70 bits per heavy atom. The zero-order chi connectivity index (χ0) is 21.3. The molecule has 1 N–H and O–H groups in total. The third kappa shape index (κ3) is 4.21. The first-order valence-electron chi connectivity index (χ1n) is 9.95. The van der Waals surface area contributed by atoms with E-state index in [1.165, 1.54) is 12.1 Å². The highest BCUT2D eigenvalue weighted by Crippen LogP contribution is 2.33. The molecule has 0 bridgehead atoms. The SMILES string of the molecule is Cc1cn(CCOc2cc(F)ccc2-c2ccc3n[nH]c(CN(C)C)c3c2)c(C)n1. The molecular formula is C23H26FN5O. The second-order valence-corrected chi connectivity index (χ2v) is 7.78. The van der Waals surface area contributed by atoms with Crippen LogP contribution in [-0.4, -0.2) is 45.4 Å². The number of fused-ring (bicyclic) bond motifs is 1. The molecule has 0 atom stereocenters. The second-order valence-electron chi connectivity index (χ2n) is 7.78. The largest absolute Gasteiger partial charge is 0.491 e. The van der Waals surface area contributed by atoms with Crippen molar-refractivity contribution in [1.82, 2.24) is 24.6 Å². The van der Waals surface area contributed by atoms with Crippen LogP contribution in [0.25, 0.3) is 22.0 Å². The summed E-state index contributed by atoms with van der Waals surface area (Å²) < 4.78 is 22.0. The monoisotopic (exact) mass is 407 g/mol. The van der Waals surface area contributed by atoms with E-state index in [-0.39, 0.29) is 5.82 Å². The van der Waals surface area contributed by atoms with E-state index in [1.54, 1.807) is 6.07 Å². The molecule has 30 heavy (non-hydrogen) atoms. The van der Waals surface area contributed by atoms with Gasteiger partial charge in [0.1, 0.15) is 24.0 Å². The Kier molecular flexibility index (Phi) is 5.55. The van der Waals surface area contributed by atoms with Crippen LogP contribution in [0.2, 0.25) is 0 Å². The molecule has 0 aliphatic heterocycles. The van der Waals surface area contributed by atoms with E-state index >= 15 is 0 Å². The van der Waals surface area contributed by atoms with Crippen molar-refractivity contribution in [3.05, 3.63) is 65.6 Å². The zero-order valence-electron chi connectivity index (χ0n) is 17.7. The molecule has 4 aromatic rings. The summed E-state index contributed by atoms with van der Waals surface area (Å²) in [5, 5.41) is 8.56. The van der Waals surface area contributed by atoms with Gasteiger partial charge in [-0.05, 0) is 57.8 Å². The van der Waals surface area contributed by atoms with Gasteiger partial charge in [0.05, 0.1) is 23.4 Å². The number of aromatic nitrogens is 4. The van der Waals surface area contributed by atoms with Crippen molar-refractivity contribution in [2.45, 2.75) is 26.9 Å². The van der Waals surface area contributed by atoms with Gasteiger partial charge in [0, 0.05) is 29.8 Å². The van der Waals surface area contributed by atoms with Crippen LogP contribution in [0.4, 0.5) is 4.39 Å². The molecule has 0 saturated carbocycles. The number of aryl methyl sites for hydroxylation is 2. The van der Waals surface area contributed by atoms with Crippen molar-refractivity contribution in [2.75, 3.05) is 20.7 Å². The molecule has 6 nitrogen and oxygen atoms in total. The van der Waals surface area contributed by atoms with Crippen LogP contribution in [0.15, 0.2) is 42.6 Å². The van der Waals surface area contributed by atoms with Crippen LogP contribution in [-0.2, 0) is 13.1 Å². The van der Waals surface area contributed by atoms with Crippen LogP contribution in [0.1, 0.15) is 17.2 Å². The predicted molar refractivity (Wildman–Crippen MR) is 116 cm³/mol. The minimum Gasteiger partial charge on any atom is -0.491 e. The molecule has 156 valence electrons. The van der Waals surface area contributed by atoms with E-state index in [0.29, 0.717) is 18.9 Å². The Morgan fingerprint density at radius 1 is 1.13 bits per heavy atom. The Balaban J connectivity index is 1.61. The normalized spacial score (nSPS) is 11.5. The molecule has 0 unspecified atom stereocenters. The molecule has 0 saturated heterocycles. The van der Waals surface area contributed by atoms with Gasteiger partial charge in [-0.3, -0.25) is 5.10 Å². The molecule has 2 aromatic carbocycles. The van der Waals surface area contributed by atoms with Crippen LogP contribution in [0, 0.1) is 19.7 Å². The number of benzene rings is 2. The maximum Gasteiger partial charge on any atom is 0.130 e. The Labute approximate surface area is 175 Å². The first kappa shape index (κ1) is 20.1. The van der Waals surface area contributed by atoms with E-state index in [1.807, 2.05) is 50.8 Å². The molecule has 0 radical (unpaired) electrons. The molecular weight excluding hydrogens is 381 g/mol. The first-order valence-corrected chi connectivity index (χ1v) is 9.95. The van der Waals surface area contributed by atoms with Crippen molar-refractivity contribution in [2.24, 2.45) is 0 Å². The number of nitrogens with one attached hydrogen (secondary N) is 1. The molecule has 4 rings (SSSR count). The van der Waals surface area contributed by atoms with Crippen LogP contribution >= 0.6 is 0 Å². The first-order chi connectivity index (χ1) is 14.4. The van der Waals surface area contributed by atoms with Gasteiger partial charge in [0.25, 0.3) is 0 Å². The Bertz CT molecular complexity index is 1180. The average molecular weight is 407 g/mol. The fraction of sp³-hybridized carbons (Fsp3) is 0.304. The van der Waals surface area contributed by atoms with Gasteiger partial charge in [-0.15, -0.1) is 0 Å². The average Bonchev–Trinajstić information content (AvgIpc) is 3.23. The summed E-state index contributed by atoms with van der Waals surface area (Å²) in [6.07, 6.45) is 1.99. The fourth-order valence-electron chi connectivity index (χ4n) is 3.67. The number of rotatable bonds is 7. The van der Waals surface area contributed by atoms with E-state index in [9.17, 15) is 4.39 Å². The second kappa shape index (κ2) is 8.28. The van der Waals surface area contributed by atoms with Gasteiger partial charge in [0.2, 0.25) is 0 Å². The number of imidazole rings is 1. The summed E-state index contributed by atoms with van der Waals surface area (Å²) >= 11 is 0. The maximum absolute atomic E-state index is 14.0. The zero-order valence-corrected chi connectivity index (χ0v) is 17.7. The molecule has 0 amide bonds. The molecule has 0 aliphatic carbocycles. The van der Waals surface area contributed by atoms with Crippen molar-refractivity contribution in [3.8, 4) is 16.9 Å². The van der Waals surface area contributed by atoms with E-state index in [4.69, 9.17) is 4.74 Å². The lowest BCUT2D eigenvalue weighted by Crippen LogP contribution is -2.11. The van der Waals surface area contributed by atoms with Crippen molar-refractivity contribution in [3.63, 3.8) is 0 Å². The van der Waals surface area contributed by atoms with Gasteiger partial charge >= 0.3 is 0 Å². The predicted octanol–water partition coefficient (Wildman–Crippen LogP) is 4.32. The minimum atomic E-state index is -0.318. The van der Waals surface area contributed by atoms with Gasteiger partial charge < -0.3 is 14.2 Å². The smallest absolute Gasteiger partial charge is 0.130 e. The molecule has 0 aliphatic rings. The van der Waals surface area contributed by atoms with Crippen molar-refractivity contribution >= 4 is 10.9 Å². The minimum absolute atomic E-state index is 0.318. The van der Waals surface area contributed by atoms with Crippen LogP contribution in [0.3, 0.4) is 0 Å². The lowest BCUT2D eigenvalue weighted by molar-refractivity contribution is 0.297. The summed E-state index contributed by atoms with van der Waals surface area (Å²) in [5.41, 5.74) is 4.75. The number of hydrogen-bond acceptors (Lipinski definition) is 4. The highest BCUT2D eigenvalue weighted by Gasteiger charge is 2.12. The molecule has 2 aromatic heterocycles. The quantitative estimate of drug-likeness (QED) is 0.496. The van der Waals surface area contributed by atoms with E-state index in [2.05, 4.69) is 26.1 Å². The lowest BCUT2D eigenvalue weighted by atomic mass is 10.0. The molecule has 7 heteroatoms. The highest BCUT2D eigenvalue weighted by atomic mass is 19.1. The number of hydrogen-bond donors (Lipinski definition) is 1. The van der Waals surface area contributed by atoms with Gasteiger partial charge in [0.15, 0.2) is 0 Å². The number of aromatic amines is 1. The summed E-state index contributed by atoms with van der Waals surface area (Å²) in [4.78, 5) is 6.49. The third-order valence-electron chi connectivity index (χ3n) is 5.05. The van der Waals surface area contributed by atoms with Gasteiger partial charge in [-0.25, -0.2) is 9.37 Å². The van der Waals surface area contributed by atoms with Gasteiger partial charge in [-0.1, -0.05) is 6.07 Å². The lowest BCUT2D eigenvalue weighted by Gasteiger charge is -2.13. The number of ether oxygens (including phenoxy) is 1. The molecule has 0 spiro atoms. The van der Waals surface area contributed by atoms with Crippen LogP contribution in [0.5, 0.6) is 5.75 Å². The molecule has 0 fully saturated rings. The Hall–Kier alpha value is -3.19. The summed E-state index contributed by atoms with van der Waals surface area (Å²) in [7, 11) is 4.04. The maximum atomic E-state index is 14.0. The standard InChI is InChI=1S/C23H26FN5O/c1-15-13-29(16(2)25-15)9-10-30-23-12-18(24)6-7-19(23)17-5-8-21-20(11-17)22(27-26-21)14-28(3)4/h5-8,11-13H,9-10,14H2,1-4H3,(H,26,27). The van der Waals surface area contributed by atoms with E-state index < -0.39 is 0 Å². The summed E-state index contributed by atoms with van der Waals surface area (Å²) in [6.45, 7) is 5.76. The number of H-pyrrole nitrogens is 1. The van der Waals surface area contributed by atoms with Crippen LogP contribution < -0.4 is 4.74 Å². The van der Waals surface area contributed by atoms with Crippen molar-refractivity contribution < 1.29 is 9.13 Å². The molecule has 2 heterocycles. The Morgan fingerprint density at radius 2 is 1.97 bits per heavy atom. The number of nitrogens with zero attached hydrogens (tertiary/aromatic N) is 4. The summed E-state index contributed by atoms with van der Waals surface area (Å²) in [6, 6.07) is 10.7.